The number of carbonyl (C=O) groups excluding carboxylic acids is 1. The third kappa shape index (κ3) is 4.73. The van der Waals surface area contributed by atoms with Crippen molar-refractivity contribution in [1.82, 2.24) is 20.4 Å². The number of hydrogen-bond acceptors (Lipinski definition) is 4. The van der Waals surface area contributed by atoms with Gasteiger partial charge in [0.15, 0.2) is 0 Å². The minimum absolute atomic E-state index is 0.161. The highest BCUT2D eigenvalue weighted by molar-refractivity contribution is 5.68. The van der Waals surface area contributed by atoms with Gasteiger partial charge in [0.1, 0.15) is 5.60 Å². The smallest absolute Gasteiger partial charge is 0.407 e. The van der Waals surface area contributed by atoms with Crippen LogP contribution in [-0.2, 0) is 18.3 Å². The Morgan fingerprint density at radius 1 is 1.45 bits per heavy atom. The fourth-order valence-electron chi connectivity index (χ4n) is 2.46. The van der Waals surface area contributed by atoms with Gasteiger partial charge < -0.3 is 15.4 Å². The summed E-state index contributed by atoms with van der Waals surface area (Å²) in [6, 6.07) is 0.474. The second-order valence-corrected chi connectivity index (χ2v) is 7.34. The van der Waals surface area contributed by atoms with Crippen molar-refractivity contribution in [2.75, 3.05) is 0 Å². The van der Waals surface area contributed by atoms with Crippen molar-refractivity contribution in [2.24, 2.45) is 7.05 Å². The third-order valence-corrected chi connectivity index (χ3v) is 3.53. The SMILES string of the molecule is CC(C)c1nn(C)cc1CNC1CC1NC(=O)OC(C)(C)C. The van der Waals surface area contributed by atoms with Crippen LogP contribution >= 0.6 is 0 Å². The predicted molar refractivity (Wildman–Crippen MR) is 85.7 cm³/mol. The molecule has 1 fully saturated rings. The van der Waals surface area contributed by atoms with Gasteiger partial charge in [0.2, 0.25) is 0 Å². The number of aromatic nitrogens is 2. The summed E-state index contributed by atoms with van der Waals surface area (Å²) >= 11 is 0. The highest BCUT2D eigenvalue weighted by Crippen LogP contribution is 2.24. The van der Waals surface area contributed by atoms with E-state index in [1.54, 1.807) is 0 Å². The quantitative estimate of drug-likeness (QED) is 0.876. The number of ether oxygens (including phenoxy) is 1. The Hall–Kier alpha value is -1.56. The topological polar surface area (TPSA) is 68.2 Å². The normalized spacial score (nSPS) is 21.0. The van der Waals surface area contributed by atoms with E-state index in [1.807, 2.05) is 32.5 Å². The van der Waals surface area contributed by atoms with Crippen molar-refractivity contribution in [3.63, 3.8) is 0 Å². The highest BCUT2D eigenvalue weighted by Gasteiger charge is 2.39. The number of carbonyl (C=O) groups is 1. The Labute approximate surface area is 132 Å². The molecule has 1 aliphatic carbocycles. The molecule has 2 unspecified atom stereocenters. The summed E-state index contributed by atoms with van der Waals surface area (Å²) in [4.78, 5) is 11.7. The minimum Gasteiger partial charge on any atom is -0.444 e. The molecule has 6 nitrogen and oxygen atoms in total. The van der Waals surface area contributed by atoms with E-state index in [4.69, 9.17) is 4.74 Å². The van der Waals surface area contributed by atoms with Crippen LogP contribution in [0.2, 0.25) is 0 Å². The largest absolute Gasteiger partial charge is 0.444 e. The van der Waals surface area contributed by atoms with Gasteiger partial charge in [-0.1, -0.05) is 13.8 Å². The van der Waals surface area contributed by atoms with Crippen LogP contribution in [0.25, 0.3) is 0 Å². The lowest BCUT2D eigenvalue weighted by molar-refractivity contribution is 0.0522. The van der Waals surface area contributed by atoms with Crippen molar-refractivity contribution in [1.29, 1.82) is 0 Å². The van der Waals surface area contributed by atoms with Crippen molar-refractivity contribution < 1.29 is 9.53 Å². The molecule has 0 saturated heterocycles. The van der Waals surface area contributed by atoms with E-state index in [0.717, 1.165) is 18.7 Å². The summed E-state index contributed by atoms with van der Waals surface area (Å²) < 4.78 is 7.12. The molecule has 1 saturated carbocycles. The van der Waals surface area contributed by atoms with Crippen LogP contribution in [0.4, 0.5) is 4.79 Å². The molecule has 0 aromatic carbocycles. The molecule has 2 rings (SSSR count). The molecule has 22 heavy (non-hydrogen) atoms. The third-order valence-electron chi connectivity index (χ3n) is 3.53. The van der Waals surface area contributed by atoms with Crippen molar-refractivity contribution >= 4 is 6.09 Å². The van der Waals surface area contributed by atoms with E-state index in [9.17, 15) is 4.79 Å². The molecular weight excluding hydrogens is 280 g/mol. The van der Waals surface area contributed by atoms with Crippen LogP contribution in [0.15, 0.2) is 6.20 Å². The molecule has 2 N–H and O–H groups in total. The van der Waals surface area contributed by atoms with Crippen molar-refractivity contribution in [3.05, 3.63) is 17.5 Å². The van der Waals surface area contributed by atoms with Crippen LogP contribution in [-0.4, -0.2) is 33.6 Å². The molecule has 1 heterocycles. The Balaban J connectivity index is 1.77. The first-order valence-electron chi connectivity index (χ1n) is 7.91. The summed E-state index contributed by atoms with van der Waals surface area (Å²) in [5, 5.41) is 10.9. The number of amides is 1. The first-order chi connectivity index (χ1) is 10.2. The van der Waals surface area contributed by atoms with E-state index in [2.05, 4.69) is 35.8 Å². The van der Waals surface area contributed by atoms with Gasteiger partial charge >= 0.3 is 6.09 Å². The Kier molecular flexibility index (Phi) is 4.80. The highest BCUT2D eigenvalue weighted by atomic mass is 16.6. The zero-order chi connectivity index (χ0) is 16.5. The molecule has 0 radical (unpaired) electrons. The zero-order valence-corrected chi connectivity index (χ0v) is 14.4. The number of nitrogens with zero attached hydrogens (tertiary/aromatic N) is 2. The van der Waals surface area contributed by atoms with Gasteiger partial charge in [0.25, 0.3) is 0 Å². The Morgan fingerprint density at radius 2 is 2.14 bits per heavy atom. The number of rotatable bonds is 5. The molecule has 2 atom stereocenters. The van der Waals surface area contributed by atoms with Crippen LogP contribution in [0.5, 0.6) is 0 Å². The molecule has 1 aromatic rings. The average molecular weight is 308 g/mol. The van der Waals surface area contributed by atoms with Gasteiger partial charge in [-0.05, 0) is 33.1 Å². The lowest BCUT2D eigenvalue weighted by Crippen LogP contribution is -2.36. The molecule has 1 amide bonds. The maximum Gasteiger partial charge on any atom is 0.407 e. The standard InChI is InChI=1S/C16H28N4O2/c1-10(2)14-11(9-20(6)19-14)8-17-12-7-13(12)18-15(21)22-16(3,4)5/h9-10,12-13,17H,7-8H2,1-6H3,(H,18,21). The second kappa shape index (κ2) is 6.28. The van der Waals surface area contributed by atoms with E-state index < -0.39 is 5.60 Å². The van der Waals surface area contributed by atoms with Crippen LogP contribution in [0.1, 0.15) is 58.2 Å². The van der Waals surface area contributed by atoms with E-state index in [1.165, 1.54) is 5.56 Å². The van der Waals surface area contributed by atoms with E-state index >= 15 is 0 Å². The molecule has 0 spiro atoms. The molecule has 6 heteroatoms. The molecule has 1 aliphatic rings. The van der Waals surface area contributed by atoms with Gasteiger partial charge in [0.05, 0.1) is 5.69 Å². The molecule has 0 bridgehead atoms. The van der Waals surface area contributed by atoms with Crippen LogP contribution in [0, 0.1) is 0 Å². The number of alkyl carbamates (subject to hydrolysis) is 1. The Morgan fingerprint density at radius 3 is 2.73 bits per heavy atom. The lowest BCUT2D eigenvalue weighted by atomic mass is 10.1. The molecule has 0 aliphatic heterocycles. The summed E-state index contributed by atoms with van der Waals surface area (Å²) in [5.41, 5.74) is 1.90. The summed E-state index contributed by atoms with van der Waals surface area (Å²) in [6.07, 6.45) is 2.66. The number of aryl methyl sites for hydroxylation is 1. The van der Waals surface area contributed by atoms with Crippen molar-refractivity contribution in [2.45, 2.75) is 71.2 Å². The first kappa shape index (κ1) is 16.8. The van der Waals surface area contributed by atoms with Crippen LogP contribution in [0.3, 0.4) is 0 Å². The van der Waals surface area contributed by atoms with Crippen molar-refractivity contribution in [3.8, 4) is 0 Å². The van der Waals surface area contributed by atoms with Gasteiger partial charge in [-0.3, -0.25) is 4.68 Å². The molecule has 1 aromatic heterocycles. The zero-order valence-electron chi connectivity index (χ0n) is 14.4. The number of hydrogen-bond donors (Lipinski definition) is 2. The lowest BCUT2D eigenvalue weighted by Gasteiger charge is -2.19. The maximum atomic E-state index is 11.7. The fourth-order valence-corrected chi connectivity index (χ4v) is 2.46. The molecule has 124 valence electrons. The van der Waals surface area contributed by atoms with Gasteiger partial charge in [-0.15, -0.1) is 0 Å². The van der Waals surface area contributed by atoms with Gasteiger partial charge in [-0.2, -0.15) is 5.10 Å². The molecular formula is C16H28N4O2. The minimum atomic E-state index is -0.455. The van der Waals surface area contributed by atoms with Gasteiger partial charge in [-0.25, -0.2) is 4.79 Å². The summed E-state index contributed by atoms with van der Waals surface area (Å²) in [6.45, 7) is 10.7. The second-order valence-electron chi connectivity index (χ2n) is 7.34. The monoisotopic (exact) mass is 308 g/mol. The average Bonchev–Trinajstić information content (AvgIpc) is 2.95. The van der Waals surface area contributed by atoms with E-state index in [-0.39, 0.29) is 12.1 Å². The predicted octanol–water partition coefficient (Wildman–Crippen LogP) is 2.30. The van der Waals surface area contributed by atoms with Gasteiger partial charge in [0, 0.05) is 37.4 Å². The summed E-state index contributed by atoms with van der Waals surface area (Å²) in [7, 11) is 1.94. The maximum absolute atomic E-state index is 11.7. The number of nitrogens with one attached hydrogen (secondary N) is 2. The van der Waals surface area contributed by atoms with E-state index in [0.29, 0.717) is 12.0 Å². The Bertz CT molecular complexity index is 531. The fraction of sp³-hybridized carbons (Fsp3) is 0.750. The first-order valence-corrected chi connectivity index (χ1v) is 7.91. The van der Waals surface area contributed by atoms with Crippen LogP contribution < -0.4 is 10.6 Å². The summed E-state index contributed by atoms with van der Waals surface area (Å²) in [5.74, 6) is 0.410.